The molecule has 7 heteroatoms. The summed E-state index contributed by atoms with van der Waals surface area (Å²) in [5, 5.41) is 23.3. The van der Waals surface area contributed by atoms with Crippen molar-refractivity contribution in [2.75, 3.05) is 0 Å². The van der Waals surface area contributed by atoms with Crippen LogP contribution in [0.5, 0.6) is 0 Å². The van der Waals surface area contributed by atoms with E-state index in [0.717, 1.165) is 30.7 Å². The molecule has 1 aromatic carbocycles. The topological polar surface area (TPSA) is 92.4 Å². The van der Waals surface area contributed by atoms with Gasteiger partial charge in [-0.25, -0.2) is 14.6 Å². The Balaban J connectivity index is 2.10. The third kappa shape index (κ3) is 3.98. The van der Waals surface area contributed by atoms with Gasteiger partial charge in [0.25, 0.3) is 0 Å². The molecule has 30 heavy (non-hydrogen) atoms. The number of aromatic carboxylic acids is 1. The van der Waals surface area contributed by atoms with Gasteiger partial charge in [-0.15, -0.1) is 6.58 Å². The average molecular weight is 427 g/mol. The van der Waals surface area contributed by atoms with E-state index in [1.165, 1.54) is 6.08 Å². The van der Waals surface area contributed by atoms with Gasteiger partial charge in [0.05, 0.1) is 17.5 Å². The number of imidazole rings is 1. The number of aryl methyl sites for hydroxylation is 1. The van der Waals surface area contributed by atoms with Gasteiger partial charge < -0.3 is 14.8 Å². The molecule has 1 aliphatic heterocycles. The second-order valence-corrected chi connectivity index (χ2v) is 9.23. The fourth-order valence-electron chi connectivity index (χ4n) is 3.58. The molecule has 3 rings (SSSR count). The molecule has 0 saturated carbocycles. The molecule has 158 valence electrons. The molecule has 0 aliphatic carbocycles. The summed E-state index contributed by atoms with van der Waals surface area (Å²) in [6, 6.07) is 6.64. The van der Waals surface area contributed by atoms with Crippen LogP contribution >= 0.6 is 10.9 Å². The van der Waals surface area contributed by atoms with Gasteiger partial charge in [-0.1, -0.05) is 43.7 Å². The number of allylic oxidation sites excluding steroid dienone is 2. The number of hydrogen-bond donors (Lipinski definition) is 3. The van der Waals surface area contributed by atoms with Gasteiger partial charge in [-0.05, 0) is 34.9 Å². The van der Waals surface area contributed by atoms with Crippen LogP contribution in [0.15, 0.2) is 66.1 Å². The summed E-state index contributed by atoms with van der Waals surface area (Å²) in [4.78, 5) is 28.3. The highest BCUT2D eigenvalue weighted by atomic mass is 32.2. The molecule has 1 aliphatic rings. The van der Waals surface area contributed by atoms with E-state index in [0.29, 0.717) is 12.2 Å². The van der Waals surface area contributed by atoms with E-state index in [2.05, 4.69) is 18.5 Å². The number of carboxylic acid groups (broad SMARTS) is 2. The van der Waals surface area contributed by atoms with Crippen molar-refractivity contribution in [3.05, 3.63) is 88.7 Å². The maximum absolute atomic E-state index is 12.6. The van der Waals surface area contributed by atoms with Crippen LogP contribution < -0.4 is 0 Å². The van der Waals surface area contributed by atoms with E-state index in [9.17, 15) is 14.7 Å². The molecule has 0 fully saturated rings. The Labute approximate surface area is 178 Å². The van der Waals surface area contributed by atoms with Crippen molar-refractivity contribution >= 4 is 22.8 Å². The first-order valence-corrected chi connectivity index (χ1v) is 11.3. The smallest absolute Gasteiger partial charge is 0.335 e. The third-order valence-corrected chi connectivity index (χ3v) is 7.66. The first kappa shape index (κ1) is 21.6. The first-order valence-electron chi connectivity index (χ1n) is 9.81. The van der Waals surface area contributed by atoms with Gasteiger partial charge in [-0.3, -0.25) is 0 Å². The lowest BCUT2D eigenvalue weighted by Crippen LogP contribution is -2.35. The predicted molar refractivity (Wildman–Crippen MR) is 120 cm³/mol. The summed E-state index contributed by atoms with van der Waals surface area (Å²) in [7, 11) is -1.13. The summed E-state index contributed by atoms with van der Waals surface area (Å²) in [6.45, 7) is 6.40. The quantitative estimate of drug-likeness (QED) is 0.385. The monoisotopic (exact) mass is 426 g/mol. The molecule has 0 amide bonds. The number of carbonyl (C=O) groups is 2. The van der Waals surface area contributed by atoms with Crippen molar-refractivity contribution in [2.45, 2.75) is 37.5 Å². The Morgan fingerprint density at radius 1 is 1.20 bits per heavy atom. The van der Waals surface area contributed by atoms with Crippen molar-refractivity contribution in [3.8, 4) is 0 Å². The summed E-state index contributed by atoms with van der Waals surface area (Å²) in [6.07, 6.45) is 9.60. The predicted octanol–water partition coefficient (Wildman–Crippen LogP) is 4.48. The van der Waals surface area contributed by atoms with E-state index < -0.39 is 27.6 Å². The minimum Gasteiger partial charge on any atom is -0.480 e. The number of hydrogen-bond acceptors (Lipinski definition) is 3. The van der Waals surface area contributed by atoms with Crippen LogP contribution in [-0.4, -0.2) is 31.7 Å². The van der Waals surface area contributed by atoms with Crippen LogP contribution in [0.4, 0.5) is 0 Å². The second-order valence-electron chi connectivity index (χ2n) is 7.12. The molecule has 6 nitrogen and oxygen atoms in total. The van der Waals surface area contributed by atoms with Crippen molar-refractivity contribution < 1.29 is 19.8 Å². The fourth-order valence-corrected chi connectivity index (χ4v) is 5.60. The highest BCUT2D eigenvalue weighted by Gasteiger charge is 2.45. The largest absolute Gasteiger partial charge is 0.480 e. The van der Waals surface area contributed by atoms with Gasteiger partial charge in [0.2, 0.25) is 0 Å². The zero-order valence-corrected chi connectivity index (χ0v) is 17.8. The van der Waals surface area contributed by atoms with Crippen molar-refractivity contribution in [1.29, 1.82) is 0 Å². The summed E-state index contributed by atoms with van der Waals surface area (Å²) < 4.78 is 0.681. The van der Waals surface area contributed by atoms with Crippen molar-refractivity contribution in [2.24, 2.45) is 0 Å². The number of thiol groups is 1. The number of rotatable bonds is 10. The molecule has 0 bridgehead atoms. The Bertz CT molecular complexity index is 995. The Morgan fingerprint density at radius 2 is 1.87 bits per heavy atom. The summed E-state index contributed by atoms with van der Waals surface area (Å²) in [5.74, 6) is -1.11. The maximum Gasteiger partial charge on any atom is 0.335 e. The number of unbranched alkanes of at least 4 members (excludes halogenated alkanes) is 1. The Morgan fingerprint density at radius 3 is 2.40 bits per heavy atom. The van der Waals surface area contributed by atoms with E-state index >= 15 is 0 Å². The third-order valence-electron chi connectivity index (χ3n) is 5.26. The molecule has 2 aromatic rings. The molecule has 0 spiro atoms. The highest BCUT2D eigenvalue weighted by molar-refractivity contribution is 8.23. The van der Waals surface area contributed by atoms with Crippen LogP contribution in [0.25, 0.3) is 0 Å². The van der Waals surface area contributed by atoms with E-state index in [-0.39, 0.29) is 5.56 Å². The SMILES string of the molecule is C=CC(C(=O)O)(c1cnc(CCCC)n1Cc1ccc(C(=O)O)cc1)[SH]1C=CC=C1. The van der Waals surface area contributed by atoms with Crippen molar-refractivity contribution in [3.63, 3.8) is 0 Å². The number of aliphatic carboxylic acids is 1. The van der Waals surface area contributed by atoms with Crippen LogP contribution in [0.1, 0.15) is 47.2 Å². The molecule has 1 aromatic heterocycles. The van der Waals surface area contributed by atoms with Crippen LogP contribution in [-0.2, 0) is 22.5 Å². The molecule has 2 heterocycles. The molecular weight excluding hydrogens is 400 g/mol. The van der Waals surface area contributed by atoms with Gasteiger partial charge in [0.15, 0.2) is 4.75 Å². The number of nitrogens with zero attached hydrogens (tertiary/aromatic N) is 2. The minimum absolute atomic E-state index is 0.214. The normalized spacial score (nSPS) is 15.8. The molecule has 2 N–H and O–H groups in total. The standard InChI is InChI=1S/C23H26N2O4S/c1-3-5-8-20-24-15-19(23(4-2,22(28)29)30-13-6-7-14-30)25(20)16-17-9-11-18(12-10-17)21(26)27/h4,6-7,9-15,30H,2-3,5,8,16H2,1H3,(H,26,27)(H,28,29). The van der Waals surface area contributed by atoms with Gasteiger partial charge in [0.1, 0.15) is 5.82 Å². The lowest BCUT2D eigenvalue weighted by Gasteiger charge is -2.34. The molecular formula is C23H26N2O4S. The van der Waals surface area contributed by atoms with E-state index in [4.69, 9.17) is 5.11 Å². The summed E-state index contributed by atoms with van der Waals surface area (Å²) >= 11 is 0. The van der Waals surface area contributed by atoms with E-state index in [1.54, 1.807) is 30.5 Å². The van der Waals surface area contributed by atoms with Gasteiger partial charge in [-0.2, -0.15) is 10.9 Å². The average Bonchev–Trinajstić information content (AvgIpc) is 3.39. The van der Waals surface area contributed by atoms with Gasteiger partial charge in [0, 0.05) is 13.0 Å². The first-order chi connectivity index (χ1) is 14.4. The van der Waals surface area contributed by atoms with Crippen molar-refractivity contribution in [1.82, 2.24) is 9.55 Å². The van der Waals surface area contributed by atoms with Crippen LogP contribution in [0.3, 0.4) is 0 Å². The fraction of sp³-hybridized carbons (Fsp3) is 0.261. The minimum atomic E-state index is -1.28. The zero-order chi connectivity index (χ0) is 21.7. The molecule has 0 saturated heterocycles. The lowest BCUT2D eigenvalue weighted by atomic mass is 10.0. The van der Waals surface area contributed by atoms with Crippen LogP contribution in [0, 0.1) is 0 Å². The Hall–Kier alpha value is -3.06. The number of benzene rings is 1. The van der Waals surface area contributed by atoms with Crippen LogP contribution in [0.2, 0.25) is 0 Å². The molecule has 1 unspecified atom stereocenters. The maximum atomic E-state index is 12.6. The molecule has 1 atom stereocenters. The molecule has 0 radical (unpaired) electrons. The van der Waals surface area contributed by atoms with E-state index in [1.807, 2.05) is 27.5 Å². The number of carboxylic acids is 2. The van der Waals surface area contributed by atoms with Gasteiger partial charge >= 0.3 is 11.9 Å². The summed E-state index contributed by atoms with van der Waals surface area (Å²) in [5.41, 5.74) is 1.69. The second kappa shape index (κ2) is 9.17. The number of aromatic nitrogens is 2. The zero-order valence-electron chi connectivity index (χ0n) is 16.9. The Kier molecular flexibility index (Phi) is 6.62. The lowest BCUT2D eigenvalue weighted by molar-refractivity contribution is -0.138. The highest BCUT2D eigenvalue weighted by Crippen LogP contribution is 2.54.